The van der Waals surface area contributed by atoms with Crippen LogP contribution in [0.4, 0.5) is 24.5 Å². The quantitative estimate of drug-likeness (QED) is 0.459. The number of para-hydroxylation sites is 1. The van der Waals surface area contributed by atoms with E-state index in [1.54, 1.807) is 25.1 Å². The molecule has 0 spiro atoms. The van der Waals surface area contributed by atoms with Crippen LogP contribution in [0.15, 0.2) is 18.2 Å². The Bertz CT molecular complexity index is 476. The minimum absolute atomic E-state index is 0.0496. The molecule has 1 rings (SSSR count). The van der Waals surface area contributed by atoms with Gasteiger partial charge in [-0.2, -0.15) is 13.2 Å². The van der Waals surface area contributed by atoms with Gasteiger partial charge in [-0.05, 0) is 31.9 Å². The summed E-state index contributed by atoms with van der Waals surface area (Å²) in [4.78, 5) is 11.6. The SMILES string of the molecule is CCOC(=O)c1cccc(NCCCCC(F)(F)F)c1N. The first-order valence-corrected chi connectivity index (χ1v) is 6.71. The van der Waals surface area contributed by atoms with Crippen molar-refractivity contribution in [1.29, 1.82) is 0 Å². The molecule has 0 bridgehead atoms. The molecule has 0 radical (unpaired) electrons. The molecule has 1 aromatic carbocycles. The molecule has 7 heteroatoms. The fourth-order valence-electron chi connectivity index (χ4n) is 1.78. The lowest BCUT2D eigenvalue weighted by Crippen LogP contribution is -2.12. The van der Waals surface area contributed by atoms with Gasteiger partial charge in [-0.25, -0.2) is 4.79 Å². The van der Waals surface area contributed by atoms with Crippen LogP contribution in [0.25, 0.3) is 0 Å². The standard InChI is InChI=1S/C14H19F3N2O2/c1-2-21-13(20)10-6-5-7-11(12(10)18)19-9-4-3-8-14(15,16)17/h5-7,19H,2-4,8-9,18H2,1H3. The second-order valence-electron chi connectivity index (χ2n) is 4.49. The summed E-state index contributed by atoms with van der Waals surface area (Å²) in [5.74, 6) is -0.518. The second kappa shape index (κ2) is 7.75. The van der Waals surface area contributed by atoms with Gasteiger partial charge in [0.05, 0.1) is 23.5 Å². The summed E-state index contributed by atoms with van der Waals surface area (Å²) in [5, 5.41) is 2.94. The van der Waals surface area contributed by atoms with E-state index in [1.807, 2.05) is 0 Å². The minimum atomic E-state index is -4.12. The predicted molar refractivity (Wildman–Crippen MR) is 75.2 cm³/mol. The number of rotatable bonds is 7. The Morgan fingerprint density at radius 3 is 2.67 bits per heavy atom. The van der Waals surface area contributed by atoms with E-state index in [1.165, 1.54) is 0 Å². The number of ether oxygens (including phenoxy) is 1. The number of alkyl halides is 3. The number of benzene rings is 1. The molecule has 21 heavy (non-hydrogen) atoms. The monoisotopic (exact) mass is 304 g/mol. The summed E-state index contributed by atoms with van der Waals surface area (Å²) in [5.41, 5.74) is 6.87. The molecule has 0 unspecified atom stereocenters. The van der Waals surface area contributed by atoms with Crippen LogP contribution >= 0.6 is 0 Å². The first-order valence-electron chi connectivity index (χ1n) is 6.71. The molecule has 0 saturated carbocycles. The van der Waals surface area contributed by atoms with Gasteiger partial charge in [-0.15, -0.1) is 0 Å². The lowest BCUT2D eigenvalue weighted by molar-refractivity contribution is -0.135. The average molecular weight is 304 g/mol. The van der Waals surface area contributed by atoms with E-state index in [-0.39, 0.29) is 24.3 Å². The van der Waals surface area contributed by atoms with Crippen LogP contribution in [0.3, 0.4) is 0 Å². The zero-order valence-corrected chi connectivity index (χ0v) is 11.8. The number of esters is 1. The van der Waals surface area contributed by atoms with Crippen LogP contribution in [0, 0.1) is 0 Å². The third-order valence-electron chi connectivity index (χ3n) is 2.80. The van der Waals surface area contributed by atoms with Crippen molar-refractivity contribution in [1.82, 2.24) is 0 Å². The van der Waals surface area contributed by atoms with Gasteiger partial charge in [0.25, 0.3) is 0 Å². The van der Waals surface area contributed by atoms with Crippen LogP contribution in [-0.2, 0) is 4.74 Å². The van der Waals surface area contributed by atoms with E-state index in [0.29, 0.717) is 18.7 Å². The molecule has 118 valence electrons. The van der Waals surface area contributed by atoms with Gasteiger partial charge >= 0.3 is 12.1 Å². The van der Waals surface area contributed by atoms with Gasteiger partial charge in [-0.1, -0.05) is 6.07 Å². The Balaban J connectivity index is 2.52. The van der Waals surface area contributed by atoms with Crippen molar-refractivity contribution in [3.63, 3.8) is 0 Å². The van der Waals surface area contributed by atoms with Gasteiger partial charge < -0.3 is 15.8 Å². The number of nitrogens with two attached hydrogens (primary N) is 1. The Kier molecular flexibility index (Phi) is 6.33. The van der Waals surface area contributed by atoms with E-state index >= 15 is 0 Å². The lowest BCUT2D eigenvalue weighted by atomic mass is 10.1. The Labute approximate surface area is 121 Å². The first kappa shape index (κ1) is 17.1. The van der Waals surface area contributed by atoms with Crippen molar-refractivity contribution in [2.75, 3.05) is 24.2 Å². The molecule has 0 fully saturated rings. The molecule has 4 nitrogen and oxygen atoms in total. The summed E-state index contributed by atoms with van der Waals surface area (Å²) in [6.45, 7) is 2.29. The Morgan fingerprint density at radius 1 is 1.33 bits per heavy atom. The molecular weight excluding hydrogens is 285 g/mol. The maximum absolute atomic E-state index is 12.0. The molecular formula is C14H19F3N2O2. The first-order chi connectivity index (χ1) is 9.85. The van der Waals surface area contributed by atoms with Crippen LogP contribution < -0.4 is 11.1 Å². The van der Waals surface area contributed by atoms with Crippen molar-refractivity contribution >= 4 is 17.3 Å². The highest BCUT2D eigenvalue weighted by molar-refractivity contribution is 5.98. The number of nitrogen functional groups attached to an aromatic ring is 1. The van der Waals surface area contributed by atoms with Gasteiger partial charge in [0.2, 0.25) is 0 Å². The number of unbranched alkanes of at least 4 members (excludes halogenated alkanes) is 1. The van der Waals surface area contributed by atoms with Crippen LogP contribution in [0.1, 0.15) is 36.5 Å². The fraction of sp³-hybridized carbons (Fsp3) is 0.500. The maximum Gasteiger partial charge on any atom is 0.389 e. The van der Waals surface area contributed by atoms with Crippen molar-refractivity contribution < 1.29 is 22.7 Å². The molecule has 0 aliphatic heterocycles. The molecule has 0 aromatic heterocycles. The Morgan fingerprint density at radius 2 is 2.05 bits per heavy atom. The van der Waals surface area contributed by atoms with Crippen molar-refractivity contribution in [3.8, 4) is 0 Å². The second-order valence-corrected chi connectivity index (χ2v) is 4.49. The van der Waals surface area contributed by atoms with Gasteiger partial charge in [0.15, 0.2) is 0 Å². The molecule has 0 aliphatic carbocycles. The van der Waals surface area contributed by atoms with E-state index in [4.69, 9.17) is 10.5 Å². The summed E-state index contributed by atoms with van der Waals surface area (Å²) in [7, 11) is 0. The summed E-state index contributed by atoms with van der Waals surface area (Å²) < 4.78 is 40.9. The maximum atomic E-state index is 12.0. The van der Waals surface area contributed by atoms with Crippen LogP contribution in [0.5, 0.6) is 0 Å². The highest BCUT2D eigenvalue weighted by atomic mass is 19.4. The molecule has 0 aliphatic rings. The number of hydrogen-bond acceptors (Lipinski definition) is 4. The molecule has 0 saturated heterocycles. The number of carbonyl (C=O) groups is 1. The Hall–Kier alpha value is -1.92. The summed E-state index contributed by atoms with van der Waals surface area (Å²) >= 11 is 0. The van der Waals surface area contributed by atoms with Gasteiger partial charge in [-0.3, -0.25) is 0 Å². The van der Waals surface area contributed by atoms with Gasteiger partial charge in [0.1, 0.15) is 0 Å². The van der Waals surface area contributed by atoms with E-state index < -0.39 is 18.6 Å². The smallest absolute Gasteiger partial charge is 0.389 e. The predicted octanol–water partition coefficient (Wildman–Crippen LogP) is 3.59. The highest BCUT2D eigenvalue weighted by Gasteiger charge is 2.25. The third kappa shape index (κ3) is 5.93. The number of carbonyl (C=O) groups excluding carboxylic acids is 1. The number of nitrogens with one attached hydrogen (secondary N) is 1. The minimum Gasteiger partial charge on any atom is -0.462 e. The van der Waals surface area contributed by atoms with E-state index in [0.717, 1.165) is 0 Å². The lowest BCUT2D eigenvalue weighted by Gasteiger charge is -2.12. The number of hydrogen-bond donors (Lipinski definition) is 2. The largest absolute Gasteiger partial charge is 0.462 e. The topological polar surface area (TPSA) is 64.3 Å². The highest BCUT2D eigenvalue weighted by Crippen LogP contribution is 2.25. The molecule has 3 N–H and O–H groups in total. The van der Waals surface area contributed by atoms with Crippen molar-refractivity contribution in [2.45, 2.75) is 32.4 Å². The van der Waals surface area contributed by atoms with Crippen molar-refractivity contribution in [3.05, 3.63) is 23.8 Å². The fourth-order valence-corrected chi connectivity index (χ4v) is 1.78. The number of anilines is 2. The zero-order chi connectivity index (χ0) is 15.9. The van der Waals surface area contributed by atoms with Crippen LogP contribution in [-0.4, -0.2) is 25.3 Å². The van der Waals surface area contributed by atoms with Crippen molar-refractivity contribution in [2.24, 2.45) is 0 Å². The summed E-state index contributed by atoms with van der Waals surface area (Å²) in [6, 6.07) is 4.85. The molecule has 0 atom stereocenters. The summed E-state index contributed by atoms with van der Waals surface area (Å²) in [6.07, 6.45) is -4.51. The molecule has 1 aromatic rings. The molecule has 0 heterocycles. The number of halogens is 3. The van der Waals surface area contributed by atoms with Gasteiger partial charge in [0, 0.05) is 13.0 Å². The molecule has 0 amide bonds. The zero-order valence-electron chi connectivity index (χ0n) is 11.8. The third-order valence-corrected chi connectivity index (χ3v) is 2.80. The van der Waals surface area contributed by atoms with Crippen LogP contribution in [0.2, 0.25) is 0 Å². The normalized spacial score (nSPS) is 11.2. The van der Waals surface area contributed by atoms with E-state index in [2.05, 4.69) is 5.32 Å². The average Bonchev–Trinajstić information content (AvgIpc) is 2.39. The van der Waals surface area contributed by atoms with E-state index in [9.17, 15) is 18.0 Å².